The van der Waals surface area contributed by atoms with Crippen molar-refractivity contribution < 1.29 is 4.79 Å². The minimum absolute atomic E-state index is 0.348. The number of nitrogens with zero attached hydrogens (tertiary/aromatic N) is 5. The fourth-order valence-electron chi connectivity index (χ4n) is 2.10. The summed E-state index contributed by atoms with van der Waals surface area (Å²) in [7, 11) is 1.75. The lowest BCUT2D eigenvalue weighted by Gasteiger charge is -2.12. The molecular formula is C14H14N6O2. The number of carbonyl (C=O) groups is 1. The molecule has 3 aromatic rings. The Balaban J connectivity index is 1.91. The Morgan fingerprint density at radius 1 is 1.32 bits per heavy atom. The molecule has 0 saturated heterocycles. The first kappa shape index (κ1) is 13.9. The van der Waals surface area contributed by atoms with E-state index in [0.717, 1.165) is 4.68 Å². The van der Waals surface area contributed by atoms with E-state index in [-0.39, 0.29) is 11.5 Å². The summed E-state index contributed by atoms with van der Waals surface area (Å²) in [5.74, 6) is -0.361. The number of nitrogens with one attached hydrogen (secondary N) is 1. The van der Waals surface area contributed by atoms with Gasteiger partial charge in [-0.15, -0.1) is 5.10 Å². The van der Waals surface area contributed by atoms with Crippen LogP contribution in [0.4, 0.5) is 5.69 Å². The molecule has 112 valence electrons. The van der Waals surface area contributed by atoms with Gasteiger partial charge in [-0.25, -0.2) is 0 Å². The molecule has 2 aromatic heterocycles. The monoisotopic (exact) mass is 298 g/mol. The summed E-state index contributed by atoms with van der Waals surface area (Å²) in [5, 5.41) is 14.9. The number of hydrogen-bond donors (Lipinski definition) is 1. The Labute approximate surface area is 125 Å². The lowest BCUT2D eigenvalue weighted by molar-refractivity contribution is -0.119. The first-order valence-electron chi connectivity index (χ1n) is 6.70. The smallest absolute Gasteiger partial charge is 0.278 e. The number of aryl methyl sites for hydroxylation is 1. The fraction of sp³-hybridized carbons (Fsp3) is 0.214. The predicted octanol–water partition coefficient (Wildman–Crippen LogP) is 0.725. The van der Waals surface area contributed by atoms with Gasteiger partial charge in [0.1, 0.15) is 11.6 Å². The van der Waals surface area contributed by atoms with Gasteiger partial charge in [-0.2, -0.15) is 9.78 Å². The predicted molar refractivity (Wildman–Crippen MR) is 80.3 cm³/mol. The SMILES string of the molecule is CC(C(=O)Nc1cnn(C)c1)n1nnc2ccccc2c1=O. The van der Waals surface area contributed by atoms with Gasteiger partial charge in [0.2, 0.25) is 5.91 Å². The number of carbonyl (C=O) groups excluding carboxylic acids is 1. The van der Waals surface area contributed by atoms with Crippen LogP contribution in [0.3, 0.4) is 0 Å². The molecule has 0 saturated carbocycles. The van der Waals surface area contributed by atoms with Crippen LogP contribution in [0.5, 0.6) is 0 Å². The summed E-state index contributed by atoms with van der Waals surface area (Å²) in [5.41, 5.74) is 0.712. The Morgan fingerprint density at radius 3 is 2.82 bits per heavy atom. The Hall–Kier alpha value is -3.03. The molecule has 8 nitrogen and oxygen atoms in total. The topological polar surface area (TPSA) is 94.7 Å². The highest BCUT2D eigenvalue weighted by atomic mass is 16.2. The van der Waals surface area contributed by atoms with Gasteiger partial charge >= 0.3 is 0 Å². The zero-order chi connectivity index (χ0) is 15.7. The number of amides is 1. The van der Waals surface area contributed by atoms with Gasteiger partial charge in [0.15, 0.2) is 0 Å². The number of aromatic nitrogens is 5. The molecule has 3 rings (SSSR count). The minimum Gasteiger partial charge on any atom is -0.322 e. The molecule has 1 unspecified atom stereocenters. The minimum atomic E-state index is -0.787. The highest BCUT2D eigenvalue weighted by Crippen LogP contribution is 2.10. The molecule has 0 bridgehead atoms. The largest absolute Gasteiger partial charge is 0.322 e. The second kappa shape index (κ2) is 5.40. The third-order valence-electron chi connectivity index (χ3n) is 3.31. The van der Waals surface area contributed by atoms with Crippen molar-refractivity contribution in [2.75, 3.05) is 5.32 Å². The molecule has 22 heavy (non-hydrogen) atoms. The van der Waals surface area contributed by atoms with Crippen molar-refractivity contribution >= 4 is 22.5 Å². The summed E-state index contributed by atoms with van der Waals surface area (Å²) >= 11 is 0. The van der Waals surface area contributed by atoms with Gasteiger partial charge in [-0.3, -0.25) is 14.3 Å². The summed E-state index contributed by atoms with van der Waals surface area (Å²) < 4.78 is 2.65. The Bertz CT molecular complexity index is 897. The third kappa shape index (κ3) is 2.46. The van der Waals surface area contributed by atoms with Gasteiger partial charge in [-0.1, -0.05) is 17.3 Å². The molecule has 2 heterocycles. The molecule has 0 fully saturated rings. The molecule has 1 N–H and O–H groups in total. The van der Waals surface area contributed by atoms with Gasteiger partial charge in [0.25, 0.3) is 5.56 Å². The van der Waals surface area contributed by atoms with Crippen molar-refractivity contribution in [2.24, 2.45) is 7.05 Å². The van der Waals surface area contributed by atoms with E-state index < -0.39 is 6.04 Å². The van der Waals surface area contributed by atoms with E-state index in [4.69, 9.17) is 0 Å². The maximum atomic E-state index is 12.4. The maximum Gasteiger partial charge on any atom is 0.278 e. The molecule has 0 aliphatic rings. The van der Waals surface area contributed by atoms with Gasteiger partial charge in [0, 0.05) is 13.2 Å². The molecule has 0 radical (unpaired) electrons. The standard InChI is InChI=1S/C14H14N6O2/c1-9(13(21)16-10-7-15-19(2)8-10)20-14(22)11-5-3-4-6-12(11)17-18-20/h3-9H,1-2H3,(H,16,21). The van der Waals surface area contributed by atoms with E-state index in [9.17, 15) is 9.59 Å². The molecule has 0 spiro atoms. The first-order valence-corrected chi connectivity index (χ1v) is 6.70. The van der Waals surface area contributed by atoms with Crippen LogP contribution < -0.4 is 10.9 Å². The average Bonchev–Trinajstić information content (AvgIpc) is 2.92. The number of benzene rings is 1. The molecule has 1 aromatic carbocycles. The van der Waals surface area contributed by atoms with Crippen LogP contribution in [0.2, 0.25) is 0 Å². The molecule has 1 amide bonds. The Morgan fingerprint density at radius 2 is 2.09 bits per heavy atom. The van der Waals surface area contributed by atoms with Crippen LogP contribution in [-0.4, -0.2) is 30.7 Å². The second-order valence-corrected chi connectivity index (χ2v) is 4.92. The summed E-state index contributed by atoms with van der Waals surface area (Å²) in [6.45, 7) is 1.59. The van der Waals surface area contributed by atoms with Crippen LogP contribution in [0.15, 0.2) is 41.5 Å². The van der Waals surface area contributed by atoms with E-state index in [1.54, 1.807) is 49.1 Å². The highest BCUT2D eigenvalue weighted by Gasteiger charge is 2.19. The third-order valence-corrected chi connectivity index (χ3v) is 3.31. The molecular weight excluding hydrogens is 284 g/mol. The highest BCUT2D eigenvalue weighted by molar-refractivity contribution is 5.93. The van der Waals surface area contributed by atoms with E-state index in [2.05, 4.69) is 20.7 Å². The fourth-order valence-corrected chi connectivity index (χ4v) is 2.10. The van der Waals surface area contributed by atoms with Gasteiger partial charge in [-0.05, 0) is 19.1 Å². The Kier molecular flexibility index (Phi) is 3.42. The van der Waals surface area contributed by atoms with Gasteiger partial charge in [0.05, 0.1) is 17.3 Å². The van der Waals surface area contributed by atoms with E-state index in [1.807, 2.05) is 0 Å². The maximum absolute atomic E-state index is 12.4. The number of fused-ring (bicyclic) bond motifs is 1. The van der Waals surface area contributed by atoms with Crippen LogP contribution in [0.25, 0.3) is 10.9 Å². The first-order chi connectivity index (χ1) is 10.6. The molecule has 1 atom stereocenters. The summed E-state index contributed by atoms with van der Waals surface area (Å²) in [6, 6.07) is 6.10. The van der Waals surface area contributed by atoms with Crippen LogP contribution >= 0.6 is 0 Å². The zero-order valence-corrected chi connectivity index (χ0v) is 12.1. The lowest BCUT2D eigenvalue weighted by Crippen LogP contribution is -2.34. The van der Waals surface area contributed by atoms with E-state index in [0.29, 0.717) is 16.6 Å². The van der Waals surface area contributed by atoms with Crippen molar-refractivity contribution in [1.29, 1.82) is 0 Å². The molecule has 8 heteroatoms. The number of anilines is 1. The van der Waals surface area contributed by atoms with Gasteiger partial charge < -0.3 is 5.32 Å². The number of rotatable bonds is 3. The van der Waals surface area contributed by atoms with Crippen molar-refractivity contribution in [1.82, 2.24) is 24.8 Å². The van der Waals surface area contributed by atoms with Crippen LogP contribution in [0.1, 0.15) is 13.0 Å². The lowest BCUT2D eigenvalue weighted by atomic mass is 10.2. The second-order valence-electron chi connectivity index (χ2n) is 4.92. The van der Waals surface area contributed by atoms with E-state index >= 15 is 0 Å². The van der Waals surface area contributed by atoms with Crippen molar-refractivity contribution in [2.45, 2.75) is 13.0 Å². The van der Waals surface area contributed by atoms with Crippen molar-refractivity contribution in [3.8, 4) is 0 Å². The van der Waals surface area contributed by atoms with Crippen LogP contribution in [-0.2, 0) is 11.8 Å². The van der Waals surface area contributed by atoms with Crippen molar-refractivity contribution in [3.05, 3.63) is 47.0 Å². The zero-order valence-electron chi connectivity index (χ0n) is 12.1. The summed E-state index contributed by atoms with van der Waals surface area (Å²) in [4.78, 5) is 24.6. The number of hydrogen-bond acceptors (Lipinski definition) is 5. The molecule has 0 aliphatic carbocycles. The van der Waals surface area contributed by atoms with Crippen molar-refractivity contribution in [3.63, 3.8) is 0 Å². The van der Waals surface area contributed by atoms with E-state index in [1.165, 1.54) is 6.20 Å². The van der Waals surface area contributed by atoms with Crippen LogP contribution in [0, 0.1) is 0 Å². The quantitative estimate of drug-likeness (QED) is 0.769. The normalized spacial score (nSPS) is 12.3. The average molecular weight is 298 g/mol. The molecule has 0 aliphatic heterocycles. The summed E-state index contributed by atoms with van der Waals surface area (Å²) in [6.07, 6.45) is 3.19.